The topological polar surface area (TPSA) is 81.6 Å². The van der Waals surface area contributed by atoms with Crippen LogP contribution in [0.1, 0.15) is 0 Å². The maximum absolute atomic E-state index is 10.8. The van der Waals surface area contributed by atoms with Crippen LogP contribution in [-0.4, -0.2) is 19.1 Å². The lowest BCUT2D eigenvalue weighted by molar-refractivity contribution is -0.383. The van der Waals surface area contributed by atoms with Gasteiger partial charge >= 0.3 is 0 Å². The highest BCUT2D eigenvalue weighted by molar-refractivity contribution is 5.71. The van der Waals surface area contributed by atoms with Gasteiger partial charge in [0.1, 0.15) is 11.4 Å². The summed E-state index contributed by atoms with van der Waals surface area (Å²) >= 11 is 0. The number of benzene rings is 2. The molecule has 0 saturated carbocycles. The molecule has 0 heterocycles. The Morgan fingerprint density at radius 3 is 2.50 bits per heavy atom. The Bertz CT molecular complexity index is 643. The third-order valence-electron chi connectivity index (χ3n) is 3.04. The second kappa shape index (κ2) is 5.48. The molecule has 104 valence electrons. The van der Waals surface area contributed by atoms with Gasteiger partial charge in [-0.05, 0) is 24.3 Å². The Labute approximate surface area is 116 Å². The quantitative estimate of drug-likeness (QED) is 0.526. The number of methoxy groups -OCH3 is 1. The Morgan fingerprint density at radius 2 is 1.90 bits per heavy atom. The van der Waals surface area contributed by atoms with Crippen LogP contribution in [0.4, 0.5) is 22.7 Å². The summed E-state index contributed by atoms with van der Waals surface area (Å²) in [6.07, 6.45) is 0. The largest absolute Gasteiger partial charge is 0.497 e. The van der Waals surface area contributed by atoms with Crippen LogP contribution in [0.2, 0.25) is 0 Å². The number of nitro benzene ring substituents is 1. The van der Waals surface area contributed by atoms with Crippen molar-refractivity contribution in [1.82, 2.24) is 0 Å². The SMILES string of the molecule is COc1cccc(N(C)c2ccc([N+](=O)[O-])c(N)c2)c1. The van der Waals surface area contributed by atoms with Gasteiger partial charge in [-0.3, -0.25) is 10.1 Å². The van der Waals surface area contributed by atoms with Crippen LogP contribution in [0.5, 0.6) is 5.75 Å². The summed E-state index contributed by atoms with van der Waals surface area (Å²) in [4.78, 5) is 12.1. The average Bonchev–Trinajstić information content (AvgIpc) is 2.46. The lowest BCUT2D eigenvalue weighted by atomic mass is 10.2. The highest BCUT2D eigenvalue weighted by Crippen LogP contribution is 2.31. The molecule has 0 fully saturated rings. The van der Waals surface area contributed by atoms with E-state index in [1.807, 2.05) is 36.2 Å². The molecule has 20 heavy (non-hydrogen) atoms. The molecule has 0 aromatic heterocycles. The van der Waals surface area contributed by atoms with Gasteiger partial charge in [0.05, 0.1) is 12.0 Å². The van der Waals surface area contributed by atoms with Crippen LogP contribution in [0.25, 0.3) is 0 Å². The lowest BCUT2D eigenvalue weighted by Gasteiger charge is -2.20. The fraction of sp³-hybridized carbons (Fsp3) is 0.143. The maximum atomic E-state index is 10.8. The van der Waals surface area contributed by atoms with Gasteiger partial charge in [-0.15, -0.1) is 0 Å². The monoisotopic (exact) mass is 273 g/mol. The van der Waals surface area contributed by atoms with Gasteiger partial charge in [0, 0.05) is 30.6 Å². The van der Waals surface area contributed by atoms with Crippen molar-refractivity contribution in [2.45, 2.75) is 0 Å². The zero-order chi connectivity index (χ0) is 14.7. The van der Waals surface area contributed by atoms with Crippen LogP contribution < -0.4 is 15.4 Å². The summed E-state index contributed by atoms with van der Waals surface area (Å²) in [5, 5.41) is 10.8. The highest BCUT2D eigenvalue weighted by Gasteiger charge is 2.13. The number of ether oxygens (including phenoxy) is 1. The van der Waals surface area contributed by atoms with Crippen LogP contribution >= 0.6 is 0 Å². The zero-order valence-electron chi connectivity index (χ0n) is 11.2. The zero-order valence-corrected chi connectivity index (χ0v) is 11.2. The first-order valence-electron chi connectivity index (χ1n) is 5.94. The van der Waals surface area contributed by atoms with Crippen molar-refractivity contribution < 1.29 is 9.66 Å². The molecule has 6 heteroatoms. The van der Waals surface area contributed by atoms with E-state index in [9.17, 15) is 10.1 Å². The highest BCUT2D eigenvalue weighted by atomic mass is 16.6. The number of nitrogen functional groups attached to an aromatic ring is 1. The van der Waals surface area contributed by atoms with E-state index in [1.54, 1.807) is 19.2 Å². The molecule has 0 saturated heterocycles. The Kier molecular flexibility index (Phi) is 3.74. The van der Waals surface area contributed by atoms with Crippen LogP contribution in [0.15, 0.2) is 42.5 Å². The van der Waals surface area contributed by atoms with Crippen LogP contribution in [0.3, 0.4) is 0 Å². The summed E-state index contributed by atoms with van der Waals surface area (Å²) in [6.45, 7) is 0. The van der Waals surface area contributed by atoms with Gasteiger partial charge in [0.25, 0.3) is 5.69 Å². The molecule has 0 unspecified atom stereocenters. The van der Waals surface area contributed by atoms with E-state index in [-0.39, 0.29) is 11.4 Å². The van der Waals surface area contributed by atoms with E-state index < -0.39 is 4.92 Å². The van der Waals surface area contributed by atoms with Crippen molar-refractivity contribution in [1.29, 1.82) is 0 Å². The summed E-state index contributed by atoms with van der Waals surface area (Å²) < 4.78 is 5.17. The van der Waals surface area contributed by atoms with E-state index in [0.29, 0.717) is 0 Å². The molecule has 0 amide bonds. The second-order valence-electron chi connectivity index (χ2n) is 4.26. The third kappa shape index (κ3) is 2.64. The molecule has 2 aromatic carbocycles. The van der Waals surface area contributed by atoms with Crippen molar-refractivity contribution in [3.05, 3.63) is 52.6 Å². The Morgan fingerprint density at radius 1 is 1.20 bits per heavy atom. The third-order valence-corrected chi connectivity index (χ3v) is 3.04. The summed E-state index contributed by atoms with van der Waals surface area (Å²) in [5.74, 6) is 0.740. The molecule has 0 aliphatic heterocycles. The van der Waals surface area contributed by atoms with E-state index >= 15 is 0 Å². The minimum absolute atomic E-state index is 0.0900. The van der Waals surface area contributed by atoms with Gasteiger partial charge in [0.15, 0.2) is 0 Å². The standard InChI is InChI=1S/C14H15N3O3/c1-16(10-4-3-5-12(8-10)20-2)11-6-7-14(17(18)19)13(15)9-11/h3-9H,15H2,1-2H3. The van der Waals surface area contributed by atoms with Crippen molar-refractivity contribution in [3.8, 4) is 5.75 Å². The second-order valence-corrected chi connectivity index (χ2v) is 4.26. The van der Waals surface area contributed by atoms with Gasteiger partial charge < -0.3 is 15.4 Å². The summed E-state index contributed by atoms with van der Waals surface area (Å²) in [6, 6.07) is 12.2. The average molecular weight is 273 g/mol. The number of nitro groups is 1. The number of rotatable bonds is 4. The Balaban J connectivity index is 2.35. The van der Waals surface area contributed by atoms with Gasteiger partial charge in [0.2, 0.25) is 0 Å². The molecule has 0 aliphatic rings. The first-order chi connectivity index (χ1) is 9.52. The van der Waals surface area contributed by atoms with Crippen molar-refractivity contribution >= 4 is 22.7 Å². The van der Waals surface area contributed by atoms with E-state index in [0.717, 1.165) is 17.1 Å². The molecule has 0 atom stereocenters. The molecular formula is C14H15N3O3. The maximum Gasteiger partial charge on any atom is 0.292 e. The van der Waals surface area contributed by atoms with E-state index in [1.165, 1.54) is 6.07 Å². The minimum Gasteiger partial charge on any atom is -0.497 e. The number of hydrogen-bond acceptors (Lipinski definition) is 5. The fourth-order valence-corrected chi connectivity index (χ4v) is 1.88. The number of nitrogens with zero attached hydrogens (tertiary/aromatic N) is 2. The molecule has 6 nitrogen and oxygen atoms in total. The van der Waals surface area contributed by atoms with E-state index in [4.69, 9.17) is 10.5 Å². The smallest absolute Gasteiger partial charge is 0.292 e. The first-order valence-corrected chi connectivity index (χ1v) is 5.94. The summed E-state index contributed by atoms with van der Waals surface area (Å²) in [5.41, 5.74) is 7.42. The van der Waals surface area contributed by atoms with Gasteiger partial charge in [-0.2, -0.15) is 0 Å². The Hall–Kier alpha value is -2.76. The minimum atomic E-state index is -0.495. The molecule has 2 rings (SSSR count). The normalized spacial score (nSPS) is 10.1. The first kappa shape index (κ1) is 13.7. The van der Waals surface area contributed by atoms with Crippen LogP contribution in [0, 0.1) is 10.1 Å². The molecule has 2 aromatic rings. The summed E-state index contributed by atoms with van der Waals surface area (Å²) in [7, 11) is 3.46. The molecule has 2 N–H and O–H groups in total. The molecule has 0 bridgehead atoms. The number of hydrogen-bond donors (Lipinski definition) is 1. The molecule has 0 aliphatic carbocycles. The van der Waals surface area contributed by atoms with Crippen LogP contribution in [-0.2, 0) is 0 Å². The molecule has 0 spiro atoms. The molecular weight excluding hydrogens is 258 g/mol. The number of nitrogens with two attached hydrogens (primary N) is 1. The van der Waals surface area contributed by atoms with Crippen molar-refractivity contribution in [3.63, 3.8) is 0 Å². The predicted octanol–water partition coefficient (Wildman–Crippen LogP) is 2.95. The predicted molar refractivity (Wildman–Crippen MR) is 78.6 cm³/mol. The molecule has 0 radical (unpaired) electrons. The van der Waals surface area contributed by atoms with Crippen molar-refractivity contribution in [2.24, 2.45) is 0 Å². The van der Waals surface area contributed by atoms with Crippen molar-refractivity contribution in [2.75, 3.05) is 24.8 Å². The fourth-order valence-electron chi connectivity index (χ4n) is 1.88. The lowest BCUT2D eigenvalue weighted by Crippen LogP contribution is -2.10. The number of anilines is 3. The van der Waals surface area contributed by atoms with E-state index in [2.05, 4.69) is 0 Å². The van der Waals surface area contributed by atoms with Gasteiger partial charge in [-0.1, -0.05) is 6.07 Å². The van der Waals surface area contributed by atoms with Gasteiger partial charge in [-0.25, -0.2) is 0 Å².